The highest BCUT2D eigenvalue weighted by molar-refractivity contribution is 6.30. The Morgan fingerprint density at radius 2 is 1.59 bits per heavy atom. The number of rotatable bonds is 8. The first-order valence-corrected chi connectivity index (χ1v) is 11.7. The van der Waals surface area contributed by atoms with E-state index in [1.807, 2.05) is 0 Å². The first-order chi connectivity index (χ1) is 17.6. The third kappa shape index (κ3) is 4.81. The Bertz CT molecular complexity index is 1430. The summed E-state index contributed by atoms with van der Waals surface area (Å²) in [6.45, 7) is 0. The molecule has 0 bridgehead atoms. The number of carbonyl (C=O) groups is 4. The van der Waals surface area contributed by atoms with Gasteiger partial charge in [-0.05, 0) is 61.0 Å². The van der Waals surface area contributed by atoms with Crippen LogP contribution in [0.1, 0.15) is 47.9 Å². The molecule has 1 atom stereocenters. The van der Waals surface area contributed by atoms with E-state index in [0.29, 0.717) is 15.0 Å². The van der Waals surface area contributed by atoms with Crippen molar-refractivity contribution >= 4 is 52.4 Å². The number of benzene rings is 3. The van der Waals surface area contributed by atoms with Gasteiger partial charge in [0.2, 0.25) is 0 Å². The molecule has 0 radical (unpaired) electrons. The molecule has 0 aliphatic carbocycles. The first kappa shape index (κ1) is 25.9. The minimum Gasteiger partial charge on any atom is -0.292 e. The lowest BCUT2D eigenvalue weighted by molar-refractivity contribution is -0.385. The van der Waals surface area contributed by atoms with Gasteiger partial charge in [0.05, 0.1) is 10.5 Å². The van der Waals surface area contributed by atoms with Crippen molar-refractivity contribution in [3.8, 4) is 0 Å². The Kier molecular flexibility index (Phi) is 7.33. The van der Waals surface area contributed by atoms with Crippen molar-refractivity contribution in [1.29, 1.82) is 0 Å². The monoisotopic (exact) mass is 543 g/mol. The molecule has 3 aromatic carbocycles. The van der Waals surface area contributed by atoms with Crippen LogP contribution in [0.5, 0.6) is 0 Å². The van der Waals surface area contributed by atoms with E-state index in [-0.39, 0.29) is 29.0 Å². The third-order valence-corrected chi connectivity index (χ3v) is 6.16. The minimum atomic E-state index is -1.49. The van der Waals surface area contributed by atoms with E-state index >= 15 is 0 Å². The number of alkyl halides is 1. The molecule has 37 heavy (non-hydrogen) atoms. The molecule has 0 N–H and O–H groups in total. The fourth-order valence-electron chi connectivity index (χ4n) is 3.97. The van der Waals surface area contributed by atoms with Gasteiger partial charge in [0.15, 0.2) is 5.78 Å². The van der Waals surface area contributed by atoms with Crippen LogP contribution in [0.2, 0.25) is 5.02 Å². The quantitative estimate of drug-likeness (QED) is 0.131. The average Bonchev–Trinajstić information content (AvgIpc) is 3.14. The van der Waals surface area contributed by atoms with Gasteiger partial charge >= 0.3 is 0 Å². The second-order valence-electron chi connectivity index (χ2n) is 7.90. The number of fused-ring (bicyclic) bond motifs is 1. The second-order valence-corrected chi connectivity index (χ2v) is 8.71. The molecule has 12 heteroatoms. The first-order valence-electron chi connectivity index (χ1n) is 10.8. The van der Waals surface area contributed by atoms with E-state index in [1.54, 1.807) is 0 Å². The summed E-state index contributed by atoms with van der Waals surface area (Å²) in [4.78, 5) is 64.9. The molecular weight excluding hydrogens is 528 g/mol. The summed E-state index contributed by atoms with van der Waals surface area (Å²) in [7, 11) is 0. The minimum absolute atomic E-state index is 0.00647. The second kappa shape index (κ2) is 10.5. The molecular formula is C25H16Cl2FN3O6. The van der Waals surface area contributed by atoms with Crippen LogP contribution in [0.3, 0.4) is 0 Å². The zero-order valence-corrected chi connectivity index (χ0v) is 20.3. The number of carbonyl (C=O) groups excluding carboxylic acids is 4. The molecule has 0 saturated heterocycles. The van der Waals surface area contributed by atoms with Crippen molar-refractivity contribution < 1.29 is 28.5 Å². The van der Waals surface area contributed by atoms with E-state index in [9.17, 15) is 33.7 Å². The maximum atomic E-state index is 13.8. The lowest BCUT2D eigenvalue weighted by atomic mass is 10.0. The number of Topliss-reactive ketones (excluding diaryl/α,β-unsaturated/α-hetero) is 1. The number of hydrogen-bond acceptors (Lipinski definition) is 6. The molecule has 188 valence electrons. The number of nitrogens with zero attached hydrogens (tertiary/aromatic N) is 3. The Morgan fingerprint density at radius 1 is 0.973 bits per heavy atom. The summed E-state index contributed by atoms with van der Waals surface area (Å²) in [5, 5.41) is 12.9. The molecule has 0 aromatic heterocycles. The topological polar surface area (TPSA) is 118 Å². The van der Waals surface area contributed by atoms with Gasteiger partial charge in [0.25, 0.3) is 23.4 Å². The van der Waals surface area contributed by atoms with Crippen LogP contribution in [0.25, 0.3) is 0 Å². The zero-order valence-electron chi connectivity index (χ0n) is 18.8. The number of hydrogen-bond donors (Lipinski definition) is 0. The molecule has 1 aliphatic rings. The maximum absolute atomic E-state index is 13.8. The number of imide groups is 1. The molecule has 0 saturated carbocycles. The molecule has 0 fully saturated rings. The number of amides is 3. The largest absolute Gasteiger partial charge is 0.292 e. The van der Waals surface area contributed by atoms with E-state index in [2.05, 4.69) is 0 Å². The molecule has 0 spiro atoms. The fourth-order valence-corrected chi connectivity index (χ4v) is 4.31. The van der Waals surface area contributed by atoms with Gasteiger partial charge in [-0.25, -0.2) is 9.40 Å². The fraction of sp³-hybridized carbons (Fsp3) is 0.120. The molecule has 3 aromatic rings. The van der Waals surface area contributed by atoms with Gasteiger partial charge in [-0.1, -0.05) is 17.7 Å². The highest BCUT2D eigenvalue weighted by Crippen LogP contribution is 2.34. The van der Waals surface area contributed by atoms with E-state index in [1.165, 1.54) is 48.5 Å². The lowest BCUT2D eigenvalue weighted by Gasteiger charge is -2.35. The zero-order chi connectivity index (χ0) is 26.9. The molecule has 0 unspecified atom stereocenters. The summed E-state index contributed by atoms with van der Waals surface area (Å²) in [6.07, 6.45) is -0.202. The van der Waals surface area contributed by atoms with E-state index < -0.39 is 51.5 Å². The maximum Gasteiger partial charge on any atom is 0.287 e. The van der Waals surface area contributed by atoms with E-state index in [4.69, 9.17) is 23.2 Å². The summed E-state index contributed by atoms with van der Waals surface area (Å²) in [5.74, 6) is -4.61. The van der Waals surface area contributed by atoms with Crippen LogP contribution in [0.15, 0.2) is 66.7 Å². The molecule has 9 nitrogen and oxygen atoms in total. The standard InChI is InChI=1S/C25H16Cl2FN3O6/c26-13-12-20(22(32)14-6-10-17(28)11-7-14)29(23(33)15-4-8-16(27)9-5-15)30-24(34)18-2-1-3-19(31(36)37)21(18)25(30)35/h1-11,20H,12-13H2/t20-/m1/s1. The van der Waals surface area contributed by atoms with E-state index in [0.717, 1.165) is 18.2 Å². The van der Waals surface area contributed by atoms with Gasteiger partial charge in [-0.3, -0.25) is 29.3 Å². The predicted octanol–water partition coefficient (Wildman–Crippen LogP) is 4.92. The smallest absolute Gasteiger partial charge is 0.287 e. The van der Waals surface area contributed by atoms with Gasteiger partial charge in [0.1, 0.15) is 17.4 Å². The predicted molar refractivity (Wildman–Crippen MR) is 131 cm³/mol. The number of nitro benzene ring substituents is 1. The van der Waals surface area contributed by atoms with Crippen molar-refractivity contribution in [3.63, 3.8) is 0 Å². The van der Waals surface area contributed by atoms with Crippen LogP contribution in [-0.4, -0.2) is 50.4 Å². The van der Waals surface area contributed by atoms with Crippen molar-refractivity contribution in [2.75, 3.05) is 5.88 Å². The van der Waals surface area contributed by atoms with Gasteiger partial charge in [-0.15, -0.1) is 11.6 Å². The highest BCUT2D eigenvalue weighted by Gasteiger charge is 2.48. The van der Waals surface area contributed by atoms with Crippen molar-refractivity contribution in [1.82, 2.24) is 10.0 Å². The van der Waals surface area contributed by atoms with Crippen molar-refractivity contribution in [2.45, 2.75) is 12.5 Å². The lowest BCUT2D eigenvalue weighted by Crippen LogP contribution is -2.57. The average molecular weight is 544 g/mol. The number of ketones is 1. The van der Waals surface area contributed by atoms with Gasteiger partial charge < -0.3 is 0 Å². The number of halogens is 3. The Hall–Kier alpha value is -4.15. The Labute approximate surface area is 219 Å². The summed E-state index contributed by atoms with van der Waals surface area (Å²) < 4.78 is 13.5. The van der Waals surface area contributed by atoms with Crippen LogP contribution in [0.4, 0.5) is 10.1 Å². The Balaban J connectivity index is 1.88. The number of hydrazine groups is 1. The highest BCUT2D eigenvalue weighted by atomic mass is 35.5. The van der Waals surface area contributed by atoms with Crippen molar-refractivity contribution in [2.24, 2.45) is 0 Å². The van der Waals surface area contributed by atoms with Gasteiger partial charge in [-0.2, -0.15) is 5.01 Å². The van der Waals surface area contributed by atoms with Crippen LogP contribution in [-0.2, 0) is 0 Å². The van der Waals surface area contributed by atoms with Crippen LogP contribution < -0.4 is 0 Å². The normalized spacial score (nSPS) is 13.3. The number of nitro groups is 1. The Morgan fingerprint density at radius 3 is 2.19 bits per heavy atom. The van der Waals surface area contributed by atoms with Crippen LogP contribution in [0, 0.1) is 15.9 Å². The molecule has 4 rings (SSSR count). The summed E-state index contributed by atoms with van der Waals surface area (Å²) >= 11 is 11.9. The van der Waals surface area contributed by atoms with Gasteiger partial charge in [0, 0.05) is 28.1 Å². The molecule has 1 aliphatic heterocycles. The summed E-state index contributed by atoms with van der Waals surface area (Å²) in [6, 6.07) is 11.9. The molecule has 1 heterocycles. The van der Waals surface area contributed by atoms with Crippen LogP contribution >= 0.6 is 23.2 Å². The van der Waals surface area contributed by atoms with Crippen molar-refractivity contribution in [3.05, 3.63) is 110 Å². The SMILES string of the molecule is O=C(c1ccc(F)cc1)[C@@H](CCCl)N(C(=O)c1ccc(Cl)cc1)N1C(=O)c2cccc([N+](=O)[O-])c2C1=O. The third-order valence-electron chi connectivity index (χ3n) is 5.69. The molecule has 3 amide bonds. The summed E-state index contributed by atoms with van der Waals surface area (Å²) in [5.41, 5.74) is -1.47.